The van der Waals surface area contributed by atoms with Crippen molar-refractivity contribution in [3.63, 3.8) is 0 Å². The molecule has 1 aromatic carbocycles. The van der Waals surface area contributed by atoms with Crippen LogP contribution in [-0.4, -0.2) is 19.0 Å². The Kier molecular flexibility index (Phi) is 7.51. The van der Waals surface area contributed by atoms with Gasteiger partial charge in [-0.3, -0.25) is 4.79 Å². The lowest BCUT2D eigenvalue weighted by Gasteiger charge is -2.10. The van der Waals surface area contributed by atoms with E-state index in [0.29, 0.717) is 17.7 Å². The van der Waals surface area contributed by atoms with Gasteiger partial charge in [-0.05, 0) is 25.5 Å². The van der Waals surface area contributed by atoms with Crippen LogP contribution >= 0.6 is 0 Å². The van der Waals surface area contributed by atoms with E-state index in [1.165, 1.54) is 26.4 Å². The van der Waals surface area contributed by atoms with Gasteiger partial charge in [-0.25, -0.2) is 4.79 Å². The van der Waals surface area contributed by atoms with Crippen LogP contribution in [0.15, 0.2) is 18.2 Å². The van der Waals surface area contributed by atoms with Crippen LogP contribution in [0.4, 0.5) is 5.69 Å². The van der Waals surface area contributed by atoms with Crippen LogP contribution < -0.4 is 5.32 Å². The number of unbranched alkanes of at least 4 members (excludes halogenated alkanes) is 4. The highest BCUT2D eigenvalue weighted by molar-refractivity contribution is 6.01. The number of carbonyl (C=O) groups is 2. The Balaban J connectivity index is 2.57. The number of aryl methyl sites for hydroxylation is 1. The number of hydrogen-bond donors (Lipinski definition) is 1. The predicted octanol–water partition coefficient (Wildman–Crippen LogP) is 4.08. The second-order valence-corrected chi connectivity index (χ2v) is 5.25. The molecule has 0 unspecified atom stereocenters. The van der Waals surface area contributed by atoms with Gasteiger partial charge in [-0.1, -0.05) is 44.2 Å². The van der Waals surface area contributed by atoms with Crippen molar-refractivity contribution in [3.8, 4) is 0 Å². The van der Waals surface area contributed by atoms with Crippen molar-refractivity contribution in [1.82, 2.24) is 0 Å². The van der Waals surface area contributed by atoms with E-state index >= 15 is 0 Å². The minimum Gasteiger partial charge on any atom is -0.465 e. The van der Waals surface area contributed by atoms with Gasteiger partial charge >= 0.3 is 5.97 Å². The minimum atomic E-state index is -0.433. The molecular weight excluding hydrogens is 266 g/mol. The molecule has 4 heteroatoms. The van der Waals surface area contributed by atoms with Gasteiger partial charge in [0.2, 0.25) is 5.91 Å². The van der Waals surface area contributed by atoms with Gasteiger partial charge in [-0.2, -0.15) is 0 Å². The van der Waals surface area contributed by atoms with Crippen molar-refractivity contribution < 1.29 is 14.3 Å². The van der Waals surface area contributed by atoms with E-state index in [9.17, 15) is 9.59 Å². The molecule has 0 aliphatic heterocycles. The van der Waals surface area contributed by atoms with Crippen LogP contribution in [-0.2, 0) is 9.53 Å². The number of methoxy groups -OCH3 is 1. The topological polar surface area (TPSA) is 55.4 Å². The molecule has 1 aromatic rings. The maximum absolute atomic E-state index is 11.9. The average molecular weight is 291 g/mol. The van der Waals surface area contributed by atoms with Crippen molar-refractivity contribution in [2.75, 3.05) is 12.4 Å². The number of nitrogens with one attached hydrogen (secondary N) is 1. The van der Waals surface area contributed by atoms with Crippen molar-refractivity contribution >= 4 is 17.6 Å². The lowest BCUT2D eigenvalue weighted by Crippen LogP contribution is -2.15. The Hall–Kier alpha value is -1.84. The van der Waals surface area contributed by atoms with Crippen molar-refractivity contribution in [3.05, 3.63) is 29.3 Å². The number of esters is 1. The maximum atomic E-state index is 11.9. The first-order valence-corrected chi connectivity index (χ1v) is 7.57. The molecule has 1 N–H and O–H groups in total. The number of anilines is 1. The van der Waals surface area contributed by atoms with E-state index in [0.717, 1.165) is 18.4 Å². The molecule has 21 heavy (non-hydrogen) atoms. The van der Waals surface area contributed by atoms with Crippen molar-refractivity contribution in [2.45, 2.75) is 52.4 Å². The fraction of sp³-hybridized carbons (Fsp3) is 0.529. The Bertz CT molecular complexity index is 483. The largest absolute Gasteiger partial charge is 0.465 e. The van der Waals surface area contributed by atoms with Gasteiger partial charge in [0, 0.05) is 6.42 Å². The van der Waals surface area contributed by atoms with Gasteiger partial charge in [0.25, 0.3) is 0 Å². The van der Waals surface area contributed by atoms with Crippen molar-refractivity contribution in [1.29, 1.82) is 0 Å². The zero-order valence-electron chi connectivity index (χ0n) is 13.2. The third-order valence-corrected chi connectivity index (χ3v) is 3.36. The third kappa shape index (κ3) is 5.98. The molecular formula is C17H25NO3. The van der Waals surface area contributed by atoms with Crippen LogP contribution in [0.2, 0.25) is 0 Å². The summed E-state index contributed by atoms with van der Waals surface area (Å²) in [5.41, 5.74) is 1.87. The van der Waals surface area contributed by atoms with Crippen molar-refractivity contribution in [2.24, 2.45) is 0 Å². The summed E-state index contributed by atoms with van der Waals surface area (Å²) in [6, 6.07) is 5.34. The van der Waals surface area contributed by atoms with E-state index in [1.807, 2.05) is 13.0 Å². The first-order chi connectivity index (χ1) is 10.1. The smallest absolute Gasteiger partial charge is 0.339 e. The van der Waals surface area contributed by atoms with Crippen LogP contribution in [0, 0.1) is 6.92 Å². The van der Waals surface area contributed by atoms with E-state index in [4.69, 9.17) is 4.74 Å². The number of hydrogen-bond acceptors (Lipinski definition) is 3. The van der Waals surface area contributed by atoms with Gasteiger partial charge in [-0.15, -0.1) is 0 Å². The highest BCUT2D eigenvalue weighted by atomic mass is 16.5. The standard InChI is InChI=1S/C17H25NO3/c1-4-5-6-7-8-9-16(19)18-15-11-10-13(2)12-14(15)17(20)21-3/h10-12H,4-9H2,1-3H3,(H,18,19). The monoisotopic (exact) mass is 291 g/mol. The van der Waals surface area contributed by atoms with Gasteiger partial charge in [0.15, 0.2) is 0 Å². The molecule has 0 aliphatic carbocycles. The highest BCUT2D eigenvalue weighted by Crippen LogP contribution is 2.19. The summed E-state index contributed by atoms with van der Waals surface area (Å²) < 4.78 is 4.75. The summed E-state index contributed by atoms with van der Waals surface area (Å²) in [7, 11) is 1.34. The number of carbonyl (C=O) groups excluding carboxylic acids is 2. The number of ether oxygens (including phenoxy) is 1. The van der Waals surface area contributed by atoms with E-state index in [1.54, 1.807) is 12.1 Å². The van der Waals surface area contributed by atoms with Gasteiger partial charge in [0.1, 0.15) is 0 Å². The zero-order valence-corrected chi connectivity index (χ0v) is 13.2. The Morgan fingerprint density at radius 3 is 2.52 bits per heavy atom. The first-order valence-electron chi connectivity index (χ1n) is 7.57. The Labute approximate surface area is 126 Å². The molecule has 0 atom stereocenters. The van der Waals surface area contributed by atoms with E-state index < -0.39 is 5.97 Å². The highest BCUT2D eigenvalue weighted by Gasteiger charge is 2.13. The lowest BCUT2D eigenvalue weighted by molar-refractivity contribution is -0.116. The minimum absolute atomic E-state index is 0.0551. The second kappa shape index (κ2) is 9.16. The average Bonchev–Trinajstić information content (AvgIpc) is 2.48. The zero-order chi connectivity index (χ0) is 15.7. The summed E-state index contributed by atoms with van der Waals surface area (Å²) in [4.78, 5) is 23.7. The van der Waals surface area contributed by atoms with Gasteiger partial charge in [0.05, 0.1) is 18.4 Å². The molecule has 4 nitrogen and oxygen atoms in total. The van der Waals surface area contributed by atoms with E-state index in [-0.39, 0.29) is 5.91 Å². The first kappa shape index (κ1) is 17.2. The number of rotatable bonds is 8. The fourth-order valence-electron chi connectivity index (χ4n) is 2.15. The molecule has 0 spiro atoms. The summed E-state index contributed by atoms with van der Waals surface area (Å²) in [5.74, 6) is -0.488. The van der Waals surface area contributed by atoms with Crippen LogP contribution in [0.5, 0.6) is 0 Å². The summed E-state index contributed by atoms with van der Waals surface area (Å²) in [5, 5.41) is 2.80. The molecule has 0 heterocycles. The maximum Gasteiger partial charge on any atom is 0.339 e. The molecule has 0 saturated heterocycles. The Morgan fingerprint density at radius 1 is 1.14 bits per heavy atom. The third-order valence-electron chi connectivity index (χ3n) is 3.36. The van der Waals surface area contributed by atoms with E-state index in [2.05, 4.69) is 12.2 Å². The quantitative estimate of drug-likeness (QED) is 0.580. The predicted molar refractivity (Wildman–Crippen MR) is 84.5 cm³/mol. The number of benzene rings is 1. The molecule has 0 bridgehead atoms. The molecule has 0 aliphatic rings. The molecule has 0 radical (unpaired) electrons. The normalized spacial score (nSPS) is 10.2. The molecule has 1 amide bonds. The van der Waals surface area contributed by atoms with Crippen LogP contribution in [0.3, 0.4) is 0 Å². The molecule has 0 fully saturated rings. The summed E-state index contributed by atoms with van der Waals surface area (Å²) >= 11 is 0. The Morgan fingerprint density at radius 2 is 1.86 bits per heavy atom. The lowest BCUT2D eigenvalue weighted by atomic mass is 10.1. The molecule has 0 aromatic heterocycles. The number of amides is 1. The molecule has 1 rings (SSSR count). The molecule has 0 saturated carbocycles. The summed E-state index contributed by atoms with van der Waals surface area (Å²) in [6.07, 6.45) is 6.01. The SMILES string of the molecule is CCCCCCCC(=O)Nc1ccc(C)cc1C(=O)OC. The fourth-order valence-corrected chi connectivity index (χ4v) is 2.15. The summed E-state index contributed by atoms with van der Waals surface area (Å²) in [6.45, 7) is 4.06. The van der Waals surface area contributed by atoms with Gasteiger partial charge < -0.3 is 10.1 Å². The van der Waals surface area contributed by atoms with Crippen LogP contribution in [0.25, 0.3) is 0 Å². The molecule has 116 valence electrons. The second-order valence-electron chi connectivity index (χ2n) is 5.25. The van der Waals surface area contributed by atoms with Crippen LogP contribution in [0.1, 0.15) is 61.4 Å².